The molecule has 35 heavy (non-hydrogen) atoms. The Bertz CT molecular complexity index is 1260. The first kappa shape index (κ1) is 25.0. The van der Waals surface area contributed by atoms with Crippen LogP contribution >= 0.6 is 0 Å². The number of fused-ring (bicyclic) bond motifs is 1. The van der Waals surface area contributed by atoms with Crippen LogP contribution in [0.2, 0.25) is 0 Å². The minimum atomic E-state index is -0.475. The second-order valence-corrected chi connectivity index (χ2v) is 10.2. The fourth-order valence-electron chi connectivity index (χ4n) is 5.54. The minimum absolute atomic E-state index is 0.0539. The second kappa shape index (κ2) is 9.90. The summed E-state index contributed by atoms with van der Waals surface area (Å²) in [5.74, 6) is -0.665. The normalized spacial score (nSPS) is 18.4. The van der Waals surface area contributed by atoms with Crippen LogP contribution in [0, 0.1) is 18.7 Å². The lowest BCUT2D eigenvalue weighted by atomic mass is 9.86. The molecule has 1 amide bonds. The summed E-state index contributed by atoms with van der Waals surface area (Å²) in [4.78, 5) is 33.5. The molecule has 0 aliphatic carbocycles. The van der Waals surface area contributed by atoms with Crippen LogP contribution in [0.4, 0.5) is 4.39 Å². The topological polar surface area (TPSA) is 67.2 Å². The van der Waals surface area contributed by atoms with Gasteiger partial charge in [-0.05, 0) is 85.2 Å². The first-order valence-corrected chi connectivity index (χ1v) is 12.5. The van der Waals surface area contributed by atoms with Crippen LogP contribution in [-0.4, -0.2) is 50.8 Å². The highest BCUT2D eigenvalue weighted by molar-refractivity contribution is 6.11. The number of Topliss-reactive ketones (excluding diaryl/α,β-unsaturated/α-hetero) is 1. The van der Waals surface area contributed by atoms with Gasteiger partial charge in [-0.2, -0.15) is 0 Å². The number of carbonyl (C=O) groups is 2. The van der Waals surface area contributed by atoms with Gasteiger partial charge >= 0.3 is 0 Å². The lowest BCUT2D eigenvalue weighted by Crippen LogP contribution is -2.42. The molecule has 0 bridgehead atoms. The van der Waals surface area contributed by atoms with Crippen molar-refractivity contribution in [2.45, 2.75) is 72.5 Å². The van der Waals surface area contributed by atoms with Crippen LogP contribution < -0.4 is 5.32 Å². The van der Waals surface area contributed by atoms with E-state index in [2.05, 4.69) is 17.2 Å². The molecule has 0 radical (unpaired) electrons. The molecule has 1 aromatic carbocycles. The van der Waals surface area contributed by atoms with E-state index in [-0.39, 0.29) is 41.3 Å². The van der Waals surface area contributed by atoms with E-state index in [0.29, 0.717) is 11.3 Å². The zero-order valence-corrected chi connectivity index (χ0v) is 21.4. The van der Waals surface area contributed by atoms with Crippen LogP contribution in [0.3, 0.4) is 0 Å². The van der Waals surface area contributed by atoms with Gasteiger partial charge in [-0.3, -0.25) is 14.6 Å². The third kappa shape index (κ3) is 4.61. The molecule has 4 rings (SSSR count). The van der Waals surface area contributed by atoms with Gasteiger partial charge in [-0.1, -0.05) is 0 Å². The molecule has 0 spiro atoms. The summed E-state index contributed by atoms with van der Waals surface area (Å²) >= 11 is 0. The van der Waals surface area contributed by atoms with Gasteiger partial charge in [0, 0.05) is 46.9 Å². The van der Waals surface area contributed by atoms with E-state index in [1.807, 2.05) is 45.3 Å². The lowest BCUT2D eigenvalue weighted by molar-refractivity contribution is 0.0643. The number of rotatable bonds is 6. The molecule has 3 heterocycles. The Morgan fingerprint density at radius 1 is 1.17 bits per heavy atom. The maximum Gasteiger partial charge on any atom is 0.256 e. The molecule has 7 heteroatoms. The van der Waals surface area contributed by atoms with Crippen molar-refractivity contribution in [3.8, 4) is 5.69 Å². The highest BCUT2D eigenvalue weighted by Crippen LogP contribution is 2.34. The van der Waals surface area contributed by atoms with Gasteiger partial charge in [0.15, 0.2) is 5.78 Å². The van der Waals surface area contributed by atoms with E-state index in [1.54, 1.807) is 23.4 Å². The van der Waals surface area contributed by atoms with Gasteiger partial charge in [0.1, 0.15) is 5.82 Å². The highest BCUT2D eigenvalue weighted by Gasteiger charge is 2.31. The van der Waals surface area contributed by atoms with Gasteiger partial charge in [0.25, 0.3) is 5.91 Å². The van der Waals surface area contributed by atoms with Crippen molar-refractivity contribution in [3.63, 3.8) is 0 Å². The van der Waals surface area contributed by atoms with E-state index < -0.39 is 5.82 Å². The molecule has 1 N–H and O–H groups in total. The Morgan fingerprint density at radius 2 is 1.89 bits per heavy atom. The van der Waals surface area contributed by atoms with Crippen LogP contribution in [0.25, 0.3) is 16.6 Å². The van der Waals surface area contributed by atoms with Gasteiger partial charge in [0.05, 0.1) is 23.0 Å². The van der Waals surface area contributed by atoms with Crippen molar-refractivity contribution < 1.29 is 14.0 Å². The quantitative estimate of drug-likeness (QED) is 0.488. The van der Waals surface area contributed by atoms with Gasteiger partial charge in [-0.15, -0.1) is 0 Å². The maximum absolute atomic E-state index is 14.5. The van der Waals surface area contributed by atoms with Crippen LogP contribution in [0.15, 0.2) is 36.7 Å². The fourth-order valence-corrected chi connectivity index (χ4v) is 5.54. The SMILES string of the molecule is Cc1c(C(=O)C2CCN[C@@H](C)C2)c2ccncc2n1-c1ccc(F)cc1C(=O)N(C(C)C)C(C)C. The van der Waals surface area contributed by atoms with E-state index in [9.17, 15) is 14.0 Å². The smallest absolute Gasteiger partial charge is 0.256 e. The number of pyridine rings is 1. The van der Waals surface area contributed by atoms with Crippen LogP contribution in [0.5, 0.6) is 0 Å². The molecule has 6 nitrogen and oxygen atoms in total. The van der Waals surface area contributed by atoms with Crippen molar-refractivity contribution in [3.05, 3.63) is 59.3 Å². The zero-order chi connectivity index (χ0) is 25.4. The number of nitrogens with one attached hydrogen (secondary N) is 1. The van der Waals surface area contributed by atoms with E-state index in [0.717, 1.165) is 36.0 Å². The first-order chi connectivity index (χ1) is 16.6. The van der Waals surface area contributed by atoms with Crippen LogP contribution in [0.1, 0.15) is 73.9 Å². The summed E-state index contributed by atoms with van der Waals surface area (Å²) in [7, 11) is 0. The first-order valence-electron chi connectivity index (χ1n) is 12.5. The van der Waals surface area contributed by atoms with Gasteiger partial charge in [0.2, 0.25) is 0 Å². The number of halogens is 1. The van der Waals surface area contributed by atoms with E-state index in [1.165, 1.54) is 12.1 Å². The number of amides is 1. The number of carbonyl (C=O) groups excluding carboxylic acids is 2. The third-order valence-electron chi connectivity index (χ3n) is 7.03. The van der Waals surface area contributed by atoms with Crippen molar-refractivity contribution in [2.24, 2.45) is 5.92 Å². The average Bonchev–Trinajstić information content (AvgIpc) is 3.09. The summed E-state index contributed by atoms with van der Waals surface area (Å²) in [6, 6.07) is 6.32. The molecule has 0 saturated carbocycles. The molecule has 2 atom stereocenters. The molecule has 1 aliphatic rings. The summed E-state index contributed by atoms with van der Waals surface area (Å²) in [5.41, 5.74) is 2.96. The summed E-state index contributed by atoms with van der Waals surface area (Å²) < 4.78 is 16.4. The number of aromatic nitrogens is 2. The molecule has 1 unspecified atom stereocenters. The van der Waals surface area contributed by atoms with E-state index >= 15 is 0 Å². The third-order valence-corrected chi connectivity index (χ3v) is 7.03. The predicted molar refractivity (Wildman–Crippen MR) is 137 cm³/mol. The molecule has 2 aromatic heterocycles. The molecule has 1 aliphatic heterocycles. The number of piperidine rings is 1. The Morgan fingerprint density at radius 3 is 2.54 bits per heavy atom. The molecule has 3 aromatic rings. The second-order valence-electron chi connectivity index (χ2n) is 10.2. The molecular formula is C28H35FN4O2. The molecule has 1 fully saturated rings. The molecule has 186 valence electrons. The van der Waals surface area contributed by atoms with Crippen molar-refractivity contribution in [2.75, 3.05) is 6.54 Å². The minimum Gasteiger partial charge on any atom is -0.334 e. The monoisotopic (exact) mass is 478 g/mol. The van der Waals surface area contributed by atoms with Crippen LogP contribution in [-0.2, 0) is 0 Å². The predicted octanol–water partition coefficient (Wildman–Crippen LogP) is 5.30. The summed E-state index contributed by atoms with van der Waals surface area (Å²) in [5, 5.41) is 4.22. The number of benzene rings is 1. The number of hydrogen-bond donors (Lipinski definition) is 1. The Kier molecular flexibility index (Phi) is 7.08. The molecule has 1 saturated heterocycles. The summed E-state index contributed by atoms with van der Waals surface area (Å²) in [6.07, 6.45) is 4.97. The van der Waals surface area contributed by atoms with Crippen molar-refractivity contribution >= 4 is 22.6 Å². The Labute approximate surface area is 206 Å². The number of nitrogens with zero attached hydrogens (tertiary/aromatic N) is 3. The van der Waals surface area contributed by atoms with Gasteiger partial charge in [-0.25, -0.2) is 4.39 Å². The zero-order valence-electron chi connectivity index (χ0n) is 21.4. The van der Waals surface area contributed by atoms with Crippen molar-refractivity contribution in [1.82, 2.24) is 19.8 Å². The summed E-state index contributed by atoms with van der Waals surface area (Å²) in [6.45, 7) is 12.6. The maximum atomic E-state index is 14.5. The average molecular weight is 479 g/mol. The van der Waals surface area contributed by atoms with Crippen molar-refractivity contribution in [1.29, 1.82) is 0 Å². The number of ketones is 1. The largest absolute Gasteiger partial charge is 0.334 e. The fraction of sp³-hybridized carbons (Fsp3) is 0.464. The Balaban J connectivity index is 1.92. The van der Waals surface area contributed by atoms with E-state index in [4.69, 9.17) is 0 Å². The standard InChI is InChI=1S/C28H35FN4O2/c1-16(2)32(17(3)4)28(35)23-14-21(29)7-8-24(23)33-19(6)26(22-10-11-30-15-25(22)33)27(34)20-9-12-31-18(5)13-20/h7-8,10-11,14-18,20,31H,9,12-13H2,1-6H3/t18-,20?/m0/s1. The highest BCUT2D eigenvalue weighted by atomic mass is 19.1. The Hall–Kier alpha value is -3.06. The van der Waals surface area contributed by atoms with Gasteiger partial charge < -0.3 is 14.8 Å². The number of hydrogen-bond acceptors (Lipinski definition) is 4. The lowest BCUT2D eigenvalue weighted by Gasteiger charge is -2.31. The molecular weight excluding hydrogens is 443 g/mol.